The molecule has 4 rings (SSSR count). The maximum Gasteiger partial charge on any atom is 0.255 e. The van der Waals surface area contributed by atoms with Crippen molar-refractivity contribution >= 4 is 23.2 Å². The quantitative estimate of drug-likeness (QED) is 0.571. The number of hydrogen-bond donors (Lipinski definition) is 1. The van der Waals surface area contributed by atoms with E-state index in [1.54, 1.807) is 59.7 Å². The summed E-state index contributed by atoms with van der Waals surface area (Å²) in [5, 5.41) is 11.8. The van der Waals surface area contributed by atoms with Crippen molar-refractivity contribution in [2.45, 2.75) is 6.54 Å². The van der Waals surface area contributed by atoms with Crippen LogP contribution in [-0.2, 0) is 6.54 Å². The third-order valence-corrected chi connectivity index (χ3v) is 4.39. The van der Waals surface area contributed by atoms with E-state index in [9.17, 15) is 4.79 Å². The van der Waals surface area contributed by atoms with Crippen molar-refractivity contribution in [2.75, 3.05) is 5.32 Å². The Kier molecular flexibility index (Phi) is 4.72. The highest BCUT2D eigenvalue weighted by Gasteiger charge is 2.13. The number of halogens is 1. The number of rotatable bonds is 5. The number of carbonyl (C=O) groups excluding carboxylic acids is 1. The molecule has 27 heavy (non-hydrogen) atoms. The average molecular weight is 378 g/mol. The molecule has 0 unspecified atom stereocenters. The second kappa shape index (κ2) is 7.47. The Hall–Kier alpha value is -3.38. The van der Waals surface area contributed by atoms with Crippen LogP contribution in [0.25, 0.3) is 5.69 Å². The Labute approximate surface area is 161 Å². The van der Waals surface area contributed by atoms with Gasteiger partial charge in [0.25, 0.3) is 5.91 Å². The van der Waals surface area contributed by atoms with Gasteiger partial charge < -0.3 is 5.32 Å². The molecule has 0 aliphatic carbocycles. The smallest absolute Gasteiger partial charge is 0.255 e. The van der Waals surface area contributed by atoms with Crippen LogP contribution in [0.5, 0.6) is 0 Å². The van der Waals surface area contributed by atoms with Gasteiger partial charge in [-0.25, -0.2) is 4.68 Å². The topological polar surface area (TPSA) is 64.7 Å². The molecule has 7 heteroatoms. The van der Waals surface area contributed by atoms with E-state index >= 15 is 0 Å². The lowest BCUT2D eigenvalue weighted by molar-refractivity contribution is 0.102. The Morgan fingerprint density at radius 1 is 0.963 bits per heavy atom. The van der Waals surface area contributed by atoms with Crippen molar-refractivity contribution < 1.29 is 4.79 Å². The van der Waals surface area contributed by atoms with Gasteiger partial charge in [0.15, 0.2) is 0 Å². The molecule has 1 amide bonds. The minimum absolute atomic E-state index is 0.212. The van der Waals surface area contributed by atoms with Crippen LogP contribution in [0.2, 0.25) is 5.02 Å². The van der Waals surface area contributed by atoms with Crippen molar-refractivity contribution in [1.29, 1.82) is 0 Å². The van der Waals surface area contributed by atoms with Crippen LogP contribution in [0.3, 0.4) is 0 Å². The van der Waals surface area contributed by atoms with E-state index in [-0.39, 0.29) is 5.91 Å². The van der Waals surface area contributed by atoms with Gasteiger partial charge in [-0.1, -0.05) is 29.8 Å². The summed E-state index contributed by atoms with van der Waals surface area (Å²) in [4.78, 5) is 12.7. The standard InChI is InChI=1S/C20H16ClN5O/c21-17-4-1-5-18(19(17)26-13-3-11-23-26)24-20(27)16-8-6-15(7-9-16)14-25-12-2-10-22-25/h1-13H,14H2,(H,24,27). The van der Waals surface area contributed by atoms with Crippen molar-refractivity contribution in [3.05, 3.63) is 95.5 Å². The largest absolute Gasteiger partial charge is 0.320 e. The van der Waals surface area contributed by atoms with Gasteiger partial charge in [0.2, 0.25) is 0 Å². The van der Waals surface area contributed by atoms with Gasteiger partial charge in [0.05, 0.1) is 17.3 Å². The molecule has 0 spiro atoms. The molecule has 2 aromatic heterocycles. The number of carbonyl (C=O) groups is 1. The minimum atomic E-state index is -0.212. The highest BCUT2D eigenvalue weighted by Crippen LogP contribution is 2.28. The molecule has 6 nitrogen and oxygen atoms in total. The van der Waals surface area contributed by atoms with Crippen molar-refractivity contribution in [1.82, 2.24) is 19.6 Å². The maximum atomic E-state index is 12.7. The number of anilines is 1. The number of aromatic nitrogens is 4. The molecule has 134 valence electrons. The third kappa shape index (κ3) is 3.75. The van der Waals surface area contributed by atoms with Gasteiger partial charge >= 0.3 is 0 Å². The van der Waals surface area contributed by atoms with Gasteiger partial charge in [-0.2, -0.15) is 10.2 Å². The fraction of sp³-hybridized carbons (Fsp3) is 0.0500. The molecule has 0 fully saturated rings. The van der Waals surface area contributed by atoms with E-state index in [0.717, 1.165) is 5.56 Å². The second-order valence-corrected chi connectivity index (χ2v) is 6.35. The summed E-state index contributed by atoms with van der Waals surface area (Å²) in [5.74, 6) is -0.212. The van der Waals surface area contributed by atoms with Crippen LogP contribution < -0.4 is 5.32 Å². The summed E-state index contributed by atoms with van der Waals surface area (Å²) >= 11 is 6.32. The molecule has 0 aliphatic rings. The molecule has 0 bridgehead atoms. The van der Waals surface area contributed by atoms with E-state index in [2.05, 4.69) is 15.5 Å². The lowest BCUT2D eigenvalue weighted by Crippen LogP contribution is -2.14. The molecule has 0 atom stereocenters. The summed E-state index contributed by atoms with van der Waals surface area (Å²) in [7, 11) is 0. The first-order valence-corrected chi connectivity index (χ1v) is 8.75. The highest BCUT2D eigenvalue weighted by atomic mass is 35.5. The van der Waals surface area contributed by atoms with Crippen molar-refractivity contribution in [3.8, 4) is 5.69 Å². The fourth-order valence-electron chi connectivity index (χ4n) is 2.79. The monoisotopic (exact) mass is 377 g/mol. The van der Waals surface area contributed by atoms with Gasteiger partial charge in [-0.05, 0) is 42.0 Å². The Bertz CT molecular complexity index is 1040. The van der Waals surface area contributed by atoms with Gasteiger partial charge in [-0.15, -0.1) is 0 Å². The number of para-hydroxylation sites is 1. The fourth-order valence-corrected chi connectivity index (χ4v) is 3.05. The SMILES string of the molecule is O=C(Nc1cccc(Cl)c1-n1cccn1)c1ccc(Cn2cccn2)cc1. The summed E-state index contributed by atoms with van der Waals surface area (Å²) in [6.45, 7) is 0.659. The molecule has 4 aromatic rings. The predicted octanol–water partition coefficient (Wildman–Crippen LogP) is 4.02. The summed E-state index contributed by atoms with van der Waals surface area (Å²) in [5.41, 5.74) is 2.85. The van der Waals surface area contributed by atoms with E-state index in [1.165, 1.54) is 0 Å². The molecule has 0 radical (unpaired) electrons. The van der Waals surface area contributed by atoms with E-state index in [0.29, 0.717) is 28.5 Å². The highest BCUT2D eigenvalue weighted by molar-refractivity contribution is 6.33. The zero-order chi connectivity index (χ0) is 18.6. The van der Waals surface area contributed by atoms with Crippen LogP contribution in [0.15, 0.2) is 79.4 Å². The average Bonchev–Trinajstić information content (AvgIpc) is 3.36. The Balaban J connectivity index is 1.54. The van der Waals surface area contributed by atoms with Crippen LogP contribution in [-0.4, -0.2) is 25.5 Å². The van der Waals surface area contributed by atoms with Gasteiger partial charge in [0, 0.05) is 30.4 Å². The predicted molar refractivity (Wildman–Crippen MR) is 104 cm³/mol. The molecule has 0 aliphatic heterocycles. The number of amides is 1. The maximum absolute atomic E-state index is 12.7. The molecular formula is C20H16ClN5O. The third-order valence-electron chi connectivity index (χ3n) is 4.09. The molecule has 0 saturated heterocycles. The van der Waals surface area contributed by atoms with Gasteiger partial charge in [-0.3, -0.25) is 9.48 Å². The van der Waals surface area contributed by atoms with Crippen LogP contribution in [0.4, 0.5) is 5.69 Å². The normalized spacial score (nSPS) is 10.7. The lowest BCUT2D eigenvalue weighted by atomic mass is 10.1. The zero-order valence-corrected chi connectivity index (χ0v) is 15.0. The number of hydrogen-bond acceptors (Lipinski definition) is 3. The van der Waals surface area contributed by atoms with Crippen molar-refractivity contribution in [3.63, 3.8) is 0 Å². The van der Waals surface area contributed by atoms with E-state index < -0.39 is 0 Å². The second-order valence-electron chi connectivity index (χ2n) is 5.94. The van der Waals surface area contributed by atoms with Crippen LogP contribution >= 0.6 is 11.6 Å². The summed E-state index contributed by atoms with van der Waals surface area (Å²) in [6, 6.07) is 16.5. The Morgan fingerprint density at radius 3 is 2.44 bits per heavy atom. The summed E-state index contributed by atoms with van der Waals surface area (Å²) in [6.07, 6.45) is 7.08. The van der Waals surface area contributed by atoms with Crippen molar-refractivity contribution in [2.24, 2.45) is 0 Å². The summed E-state index contributed by atoms with van der Waals surface area (Å²) < 4.78 is 3.46. The number of nitrogens with one attached hydrogen (secondary N) is 1. The first-order chi connectivity index (χ1) is 13.2. The lowest BCUT2D eigenvalue weighted by Gasteiger charge is -2.13. The van der Waals surface area contributed by atoms with E-state index in [4.69, 9.17) is 11.6 Å². The number of nitrogens with zero attached hydrogens (tertiary/aromatic N) is 4. The zero-order valence-electron chi connectivity index (χ0n) is 14.3. The molecular weight excluding hydrogens is 362 g/mol. The van der Waals surface area contributed by atoms with E-state index in [1.807, 2.05) is 29.1 Å². The molecule has 2 aromatic carbocycles. The van der Waals surface area contributed by atoms with Crippen LogP contribution in [0.1, 0.15) is 15.9 Å². The molecule has 0 saturated carbocycles. The first-order valence-electron chi connectivity index (χ1n) is 8.37. The van der Waals surface area contributed by atoms with Gasteiger partial charge in [0.1, 0.15) is 5.69 Å². The molecule has 2 heterocycles. The molecule has 1 N–H and O–H groups in total. The number of benzene rings is 2. The minimum Gasteiger partial charge on any atom is -0.320 e. The Morgan fingerprint density at radius 2 is 1.74 bits per heavy atom. The van der Waals surface area contributed by atoms with Crippen LogP contribution in [0, 0.1) is 0 Å². The first kappa shape index (κ1) is 17.1.